The first-order chi connectivity index (χ1) is 21.6. The average Bonchev–Trinajstić information content (AvgIpc) is 3.26. The number of hydrogen-bond acceptors (Lipinski definition) is 3. The van der Waals surface area contributed by atoms with Gasteiger partial charge in [-0.3, -0.25) is 9.59 Å². The molecule has 0 unspecified atom stereocenters. The van der Waals surface area contributed by atoms with Gasteiger partial charge < -0.3 is 4.90 Å². The van der Waals surface area contributed by atoms with Gasteiger partial charge in [-0.1, -0.05) is 74.5 Å². The lowest BCUT2D eigenvalue weighted by Gasteiger charge is -2.43. The number of hydrogen-bond donors (Lipinski definition) is 0. The third kappa shape index (κ3) is 3.97. The fourth-order valence-corrected chi connectivity index (χ4v) is 7.46. The van der Waals surface area contributed by atoms with Gasteiger partial charge in [-0.2, -0.15) is 0 Å². The molecule has 0 fully saturated rings. The van der Waals surface area contributed by atoms with E-state index in [0.29, 0.717) is 11.1 Å². The zero-order valence-corrected chi connectivity index (χ0v) is 26.2. The van der Waals surface area contributed by atoms with Crippen molar-refractivity contribution in [2.45, 2.75) is 40.0 Å². The number of fused-ring (bicyclic) bond motifs is 6. The molecule has 0 atom stereocenters. The second-order valence-electron chi connectivity index (χ2n) is 13.1. The Morgan fingerprint density at radius 3 is 1.91 bits per heavy atom. The van der Waals surface area contributed by atoms with Gasteiger partial charge in [-0.25, -0.2) is 0 Å². The molecular formula is C42H33NO2. The van der Waals surface area contributed by atoms with Gasteiger partial charge in [-0.15, -0.1) is 0 Å². The van der Waals surface area contributed by atoms with E-state index < -0.39 is 0 Å². The molecule has 2 aliphatic rings. The zero-order valence-electron chi connectivity index (χ0n) is 26.2. The molecule has 0 saturated heterocycles. The molecule has 0 bridgehead atoms. The minimum Gasteiger partial charge on any atom is -0.310 e. The molecule has 0 aromatic heterocycles. The number of ketones is 2. The number of rotatable bonds is 2. The standard InChI is InChI=1S/C42H33NO2/c1-24-18-31(19-25(2)26(24)3)43-37-13-9-8-12-36(37)42(4,5)39-32-16-14-27(20-30(32)15-17-38(39)43)21-35-40(44)33-22-28-10-6-7-11-29(28)23-34(33)41(35)45/h6-23H,1-5H3. The van der Waals surface area contributed by atoms with Crippen molar-refractivity contribution in [3.63, 3.8) is 0 Å². The van der Waals surface area contributed by atoms with Gasteiger partial charge in [-0.05, 0) is 124 Å². The average molecular weight is 584 g/mol. The Hall–Kier alpha value is -5.28. The monoisotopic (exact) mass is 583 g/mol. The number of carbonyl (C=O) groups excluding carboxylic acids is 2. The van der Waals surface area contributed by atoms with Crippen LogP contribution < -0.4 is 4.90 Å². The number of carbonyl (C=O) groups is 2. The van der Waals surface area contributed by atoms with Gasteiger partial charge in [0.2, 0.25) is 0 Å². The molecule has 0 N–H and O–H groups in total. The summed E-state index contributed by atoms with van der Waals surface area (Å²) in [5, 5.41) is 4.16. The Morgan fingerprint density at radius 2 is 1.24 bits per heavy atom. The maximum atomic E-state index is 13.5. The lowest BCUT2D eigenvalue weighted by molar-refractivity contribution is 0.0990. The molecule has 6 aromatic carbocycles. The van der Waals surface area contributed by atoms with Crippen LogP contribution in [0.2, 0.25) is 0 Å². The van der Waals surface area contributed by atoms with Gasteiger partial charge in [0.1, 0.15) is 0 Å². The van der Waals surface area contributed by atoms with E-state index >= 15 is 0 Å². The summed E-state index contributed by atoms with van der Waals surface area (Å²) in [6.07, 6.45) is 1.76. The van der Waals surface area contributed by atoms with Crippen molar-refractivity contribution in [2.75, 3.05) is 4.90 Å². The van der Waals surface area contributed by atoms with Crippen LogP contribution in [0, 0.1) is 20.8 Å². The second-order valence-corrected chi connectivity index (χ2v) is 13.1. The van der Waals surface area contributed by atoms with E-state index in [1.807, 2.05) is 42.5 Å². The van der Waals surface area contributed by atoms with Gasteiger partial charge in [0.25, 0.3) is 0 Å². The van der Waals surface area contributed by atoms with Crippen molar-refractivity contribution in [2.24, 2.45) is 0 Å². The Morgan fingerprint density at radius 1 is 0.622 bits per heavy atom. The van der Waals surface area contributed by atoms with Crippen molar-refractivity contribution < 1.29 is 9.59 Å². The SMILES string of the molecule is Cc1cc(N2c3ccccc3C(C)(C)c3c2ccc2cc(C=C4C(=O)c5cc6ccccc6cc5C4=O)ccc32)cc(C)c1C. The molecule has 0 saturated carbocycles. The highest BCUT2D eigenvalue weighted by Gasteiger charge is 2.38. The lowest BCUT2D eigenvalue weighted by Crippen LogP contribution is -2.31. The summed E-state index contributed by atoms with van der Waals surface area (Å²) >= 11 is 0. The van der Waals surface area contributed by atoms with Crippen LogP contribution in [0.15, 0.2) is 109 Å². The highest BCUT2D eigenvalue weighted by atomic mass is 16.2. The maximum absolute atomic E-state index is 13.5. The lowest BCUT2D eigenvalue weighted by atomic mass is 9.71. The number of anilines is 3. The first kappa shape index (κ1) is 27.3. The van der Waals surface area contributed by atoms with Crippen LogP contribution in [-0.4, -0.2) is 11.6 Å². The molecule has 45 heavy (non-hydrogen) atoms. The molecule has 3 heteroatoms. The van der Waals surface area contributed by atoms with Gasteiger partial charge in [0.05, 0.1) is 16.9 Å². The van der Waals surface area contributed by atoms with E-state index in [1.54, 1.807) is 6.08 Å². The molecule has 1 aliphatic carbocycles. The quantitative estimate of drug-likeness (QED) is 0.150. The molecule has 218 valence electrons. The Labute approximate surface area is 263 Å². The Bertz CT molecular complexity index is 2240. The van der Waals surface area contributed by atoms with E-state index in [4.69, 9.17) is 0 Å². The van der Waals surface area contributed by atoms with Gasteiger partial charge in [0, 0.05) is 22.2 Å². The molecule has 3 nitrogen and oxygen atoms in total. The van der Waals surface area contributed by atoms with E-state index in [1.165, 1.54) is 44.6 Å². The predicted molar refractivity (Wildman–Crippen MR) is 186 cm³/mol. The predicted octanol–water partition coefficient (Wildman–Crippen LogP) is 10.5. The molecular weight excluding hydrogens is 550 g/mol. The molecule has 1 heterocycles. The van der Waals surface area contributed by atoms with Crippen LogP contribution in [-0.2, 0) is 5.41 Å². The minimum absolute atomic E-state index is 0.205. The van der Waals surface area contributed by atoms with Crippen LogP contribution in [0.25, 0.3) is 27.6 Å². The third-order valence-electron chi connectivity index (χ3n) is 10.1. The van der Waals surface area contributed by atoms with Gasteiger partial charge in [0.15, 0.2) is 11.6 Å². The number of nitrogens with zero attached hydrogens (tertiary/aromatic N) is 1. The molecule has 0 spiro atoms. The normalized spacial score (nSPS) is 15.0. The summed E-state index contributed by atoms with van der Waals surface area (Å²) in [6, 6.07) is 35.5. The third-order valence-corrected chi connectivity index (χ3v) is 10.1. The topological polar surface area (TPSA) is 37.4 Å². The highest BCUT2D eigenvalue weighted by Crippen LogP contribution is 2.54. The summed E-state index contributed by atoms with van der Waals surface area (Å²) in [6.45, 7) is 11.2. The fraction of sp³-hybridized carbons (Fsp3) is 0.143. The van der Waals surface area contributed by atoms with Crippen LogP contribution in [0.3, 0.4) is 0 Å². The molecule has 6 aromatic rings. The fourth-order valence-electron chi connectivity index (χ4n) is 7.46. The number of Topliss-reactive ketones (excluding diaryl/α,β-unsaturated/α-hetero) is 2. The summed E-state index contributed by atoms with van der Waals surface area (Å²) in [4.78, 5) is 29.3. The number of benzene rings is 6. The van der Waals surface area contributed by atoms with E-state index in [-0.39, 0.29) is 22.6 Å². The zero-order chi connectivity index (χ0) is 31.2. The Kier molecular flexibility index (Phi) is 5.83. The number of allylic oxidation sites excluding steroid dienone is 1. The largest absolute Gasteiger partial charge is 0.310 e. The van der Waals surface area contributed by atoms with Crippen LogP contribution in [0.5, 0.6) is 0 Å². The van der Waals surface area contributed by atoms with Crippen molar-refractivity contribution in [1.29, 1.82) is 0 Å². The number of aryl methyl sites for hydroxylation is 2. The smallest absolute Gasteiger partial charge is 0.197 e. The van der Waals surface area contributed by atoms with Crippen LogP contribution >= 0.6 is 0 Å². The van der Waals surface area contributed by atoms with Gasteiger partial charge >= 0.3 is 0 Å². The van der Waals surface area contributed by atoms with Crippen molar-refractivity contribution in [3.8, 4) is 0 Å². The van der Waals surface area contributed by atoms with Crippen molar-refractivity contribution >= 4 is 56.2 Å². The van der Waals surface area contributed by atoms with E-state index in [9.17, 15) is 9.59 Å². The van der Waals surface area contributed by atoms with E-state index in [0.717, 1.165) is 27.4 Å². The first-order valence-electron chi connectivity index (χ1n) is 15.5. The van der Waals surface area contributed by atoms with Crippen LogP contribution in [0.1, 0.15) is 67.9 Å². The molecule has 0 amide bonds. The summed E-state index contributed by atoms with van der Waals surface area (Å²) in [7, 11) is 0. The summed E-state index contributed by atoms with van der Waals surface area (Å²) in [5.74, 6) is -0.410. The second kappa shape index (κ2) is 9.61. The molecule has 8 rings (SSSR count). The minimum atomic E-state index is -0.252. The van der Waals surface area contributed by atoms with E-state index in [2.05, 4.69) is 100 Å². The van der Waals surface area contributed by atoms with Crippen molar-refractivity contribution in [1.82, 2.24) is 0 Å². The number of para-hydroxylation sites is 1. The maximum Gasteiger partial charge on any atom is 0.197 e. The van der Waals surface area contributed by atoms with Crippen LogP contribution in [0.4, 0.5) is 17.1 Å². The van der Waals surface area contributed by atoms with Crippen molar-refractivity contribution in [3.05, 3.63) is 153 Å². The summed E-state index contributed by atoms with van der Waals surface area (Å²) in [5.41, 5.74) is 11.7. The Balaban J connectivity index is 1.27. The highest BCUT2D eigenvalue weighted by molar-refractivity contribution is 6.42. The first-order valence-corrected chi connectivity index (χ1v) is 15.5. The molecule has 1 aliphatic heterocycles. The molecule has 0 radical (unpaired) electrons. The summed E-state index contributed by atoms with van der Waals surface area (Å²) < 4.78 is 0.